The Morgan fingerprint density at radius 2 is 1.71 bits per heavy atom. The number of carbonyl (C=O) groups is 1. The van der Waals surface area contributed by atoms with E-state index in [9.17, 15) is 25.8 Å². The third-order valence-electron chi connectivity index (χ3n) is 4.86. The Hall–Kier alpha value is -3.03. The number of hydrogen-bond donors (Lipinski definition) is 0. The van der Waals surface area contributed by atoms with Gasteiger partial charge in [-0.1, -0.05) is 0 Å². The van der Waals surface area contributed by atoms with E-state index in [1.54, 1.807) is 4.90 Å². The minimum absolute atomic E-state index is 0.193. The van der Waals surface area contributed by atoms with Gasteiger partial charge in [0.2, 0.25) is 5.91 Å². The maximum absolute atomic E-state index is 13.0. The van der Waals surface area contributed by atoms with Crippen molar-refractivity contribution in [3.05, 3.63) is 11.8 Å². The summed E-state index contributed by atoms with van der Waals surface area (Å²) >= 11 is 0. The van der Waals surface area contributed by atoms with Crippen LogP contribution in [0.5, 0.6) is 0 Å². The number of allylic oxidation sites excluding steroid dienone is 1. The van der Waals surface area contributed by atoms with Crippen molar-refractivity contribution in [2.24, 2.45) is 16.7 Å². The van der Waals surface area contributed by atoms with Crippen LogP contribution in [-0.4, -0.2) is 31.0 Å². The van der Waals surface area contributed by atoms with Gasteiger partial charge in [-0.15, -0.1) is 0 Å². The summed E-state index contributed by atoms with van der Waals surface area (Å²) in [5.74, 6) is -1.33. The highest BCUT2D eigenvalue weighted by Gasteiger charge is 2.64. The molecule has 0 aromatic rings. The van der Waals surface area contributed by atoms with Gasteiger partial charge >= 0.3 is 0 Å². The molecule has 7 heteroatoms. The first-order valence-electron chi connectivity index (χ1n) is 7.72. The maximum Gasteiger partial charge on any atom is 0.232 e. The van der Waals surface area contributed by atoms with Crippen LogP contribution < -0.4 is 0 Å². The van der Waals surface area contributed by atoms with Crippen LogP contribution in [0.1, 0.15) is 25.7 Å². The first kappa shape index (κ1) is 17.3. The number of amides is 1. The van der Waals surface area contributed by atoms with E-state index >= 15 is 0 Å². The van der Waals surface area contributed by atoms with Gasteiger partial charge < -0.3 is 9.64 Å². The second-order valence-electron chi connectivity index (χ2n) is 6.04. The lowest BCUT2D eigenvalue weighted by molar-refractivity contribution is -0.138. The lowest BCUT2D eigenvalue weighted by Crippen LogP contribution is -2.53. The fraction of sp³-hybridized carbons (Fsp3) is 0.588. The van der Waals surface area contributed by atoms with Gasteiger partial charge in [-0.25, -0.2) is 0 Å². The van der Waals surface area contributed by atoms with Crippen molar-refractivity contribution >= 4 is 5.91 Å². The van der Waals surface area contributed by atoms with E-state index in [4.69, 9.17) is 4.74 Å². The van der Waals surface area contributed by atoms with Crippen molar-refractivity contribution in [2.45, 2.75) is 25.7 Å². The smallest absolute Gasteiger partial charge is 0.232 e. The van der Waals surface area contributed by atoms with Crippen LogP contribution >= 0.6 is 0 Å². The van der Waals surface area contributed by atoms with Crippen molar-refractivity contribution in [1.29, 1.82) is 21.0 Å². The summed E-state index contributed by atoms with van der Waals surface area (Å²) in [6.07, 6.45) is 3.97. The Bertz CT molecular complexity index is 694. The third-order valence-corrected chi connectivity index (χ3v) is 4.86. The molecular formula is C17H17N5O2. The molecule has 2 aliphatic rings. The maximum atomic E-state index is 13.0. The van der Waals surface area contributed by atoms with Gasteiger partial charge in [-0.2, -0.15) is 21.0 Å². The fourth-order valence-electron chi connectivity index (χ4n) is 3.38. The summed E-state index contributed by atoms with van der Waals surface area (Å²) in [5.41, 5.74) is -4.01. The first-order valence-corrected chi connectivity index (χ1v) is 7.72. The van der Waals surface area contributed by atoms with Gasteiger partial charge in [0.05, 0.1) is 43.1 Å². The number of piperidine rings is 1. The van der Waals surface area contributed by atoms with E-state index < -0.39 is 22.7 Å². The van der Waals surface area contributed by atoms with Crippen LogP contribution in [-0.2, 0) is 9.53 Å². The molecule has 0 spiro atoms. The molecule has 0 aromatic heterocycles. The number of nitriles is 4. The van der Waals surface area contributed by atoms with Gasteiger partial charge in [-0.3, -0.25) is 4.79 Å². The SMILES string of the molecule is COC1=CC(C(=O)N2CCCCC2)C(C#N)(C#N)C(C#N)(C#N)C1. The van der Waals surface area contributed by atoms with E-state index in [0.717, 1.165) is 19.3 Å². The molecule has 1 fully saturated rings. The van der Waals surface area contributed by atoms with Crippen LogP contribution in [0, 0.1) is 62.1 Å². The molecular weight excluding hydrogens is 306 g/mol. The van der Waals surface area contributed by atoms with Crippen LogP contribution in [0.25, 0.3) is 0 Å². The van der Waals surface area contributed by atoms with E-state index in [0.29, 0.717) is 13.1 Å². The summed E-state index contributed by atoms with van der Waals surface area (Å²) in [5, 5.41) is 38.6. The molecule has 0 saturated carbocycles. The fourth-order valence-corrected chi connectivity index (χ4v) is 3.38. The van der Waals surface area contributed by atoms with E-state index in [-0.39, 0.29) is 12.2 Å². The minimum Gasteiger partial charge on any atom is -0.501 e. The molecule has 2 rings (SSSR count). The Kier molecular flexibility index (Phi) is 4.77. The van der Waals surface area contributed by atoms with Gasteiger partial charge in [0.15, 0.2) is 10.8 Å². The van der Waals surface area contributed by atoms with Crippen LogP contribution in [0.15, 0.2) is 11.8 Å². The van der Waals surface area contributed by atoms with Crippen molar-refractivity contribution in [3.8, 4) is 24.3 Å². The number of rotatable bonds is 2. The summed E-state index contributed by atoms with van der Waals surface area (Å²) in [7, 11) is 1.37. The van der Waals surface area contributed by atoms with Crippen molar-refractivity contribution in [1.82, 2.24) is 4.90 Å². The number of likely N-dealkylation sites (tertiary alicyclic amines) is 1. The van der Waals surface area contributed by atoms with Crippen molar-refractivity contribution in [3.63, 3.8) is 0 Å². The molecule has 1 heterocycles. The first-order chi connectivity index (χ1) is 11.5. The van der Waals surface area contributed by atoms with Crippen LogP contribution in [0.2, 0.25) is 0 Å². The number of nitrogens with zero attached hydrogens (tertiary/aromatic N) is 5. The lowest BCUT2D eigenvalue weighted by Gasteiger charge is -2.41. The highest BCUT2D eigenvalue weighted by molar-refractivity contribution is 5.84. The van der Waals surface area contributed by atoms with Crippen molar-refractivity contribution in [2.75, 3.05) is 20.2 Å². The quantitative estimate of drug-likeness (QED) is 0.760. The van der Waals surface area contributed by atoms with Gasteiger partial charge in [0.1, 0.15) is 0 Å². The molecule has 1 aliphatic carbocycles. The number of hydrogen-bond acceptors (Lipinski definition) is 6. The van der Waals surface area contributed by atoms with Crippen molar-refractivity contribution < 1.29 is 9.53 Å². The largest absolute Gasteiger partial charge is 0.501 e. The van der Waals surface area contributed by atoms with E-state index in [2.05, 4.69) is 0 Å². The average molecular weight is 323 g/mol. The predicted molar refractivity (Wildman–Crippen MR) is 80.9 cm³/mol. The molecule has 7 nitrogen and oxygen atoms in total. The van der Waals surface area contributed by atoms with Gasteiger partial charge in [0, 0.05) is 19.5 Å². The molecule has 24 heavy (non-hydrogen) atoms. The molecule has 1 saturated heterocycles. The van der Waals surface area contributed by atoms with Gasteiger partial charge in [0.25, 0.3) is 0 Å². The zero-order valence-electron chi connectivity index (χ0n) is 13.4. The Morgan fingerprint density at radius 3 is 2.17 bits per heavy atom. The van der Waals surface area contributed by atoms with E-state index in [1.807, 2.05) is 24.3 Å². The molecule has 1 unspecified atom stereocenters. The third kappa shape index (κ3) is 2.36. The average Bonchev–Trinajstić information content (AvgIpc) is 2.66. The summed E-state index contributed by atoms with van der Waals surface area (Å²) < 4.78 is 5.17. The predicted octanol–water partition coefficient (Wildman–Crippen LogP) is 1.62. The summed E-state index contributed by atoms with van der Waals surface area (Å²) in [4.78, 5) is 14.6. The molecule has 1 amide bonds. The number of methoxy groups -OCH3 is 1. The molecule has 0 N–H and O–H groups in total. The zero-order chi connectivity index (χ0) is 17.8. The highest BCUT2D eigenvalue weighted by atomic mass is 16.5. The zero-order valence-corrected chi connectivity index (χ0v) is 13.4. The summed E-state index contributed by atoms with van der Waals surface area (Å²) in [6.45, 7) is 1.09. The van der Waals surface area contributed by atoms with Crippen LogP contribution in [0.3, 0.4) is 0 Å². The topological polar surface area (TPSA) is 125 Å². The molecule has 122 valence electrons. The number of carbonyl (C=O) groups excluding carboxylic acids is 1. The minimum atomic E-state index is -2.06. The monoisotopic (exact) mass is 323 g/mol. The van der Waals surface area contributed by atoms with E-state index in [1.165, 1.54) is 13.2 Å². The Labute approximate surface area is 140 Å². The molecule has 0 aromatic carbocycles. The molecule has 1 atom stereocenters. The Balaban J connectivity index is 2.59. The highest BCUT2D eigenvalue weighted by Crippen LogP contribution is 2.52. The number of ether oxygens (including phenoxy) is 1. The van der Waals surface area contributed by atoms with Gasteiger partial charge in [-0.05, 0) is 25.3 Å². The molecule has 0 radical (unpaired) electrons. The molecule has 1 aliphatic heterocycles. The summed E-state index contributed by atoms with van der Waals surface area (Å²) in [6, 6.07) is 7.27. The molecule has 0 bridgehead atoms. The van der Waals surface area contributed by atoms with Crippen LogP contribution in [0.4, 0.5) is 0 Å². The second-order valence-corrected chi connectivity index (χ2v) is 6.04. The Morgan fingerprint density at radius 1 is 1.12 bits per heavy atom. The normalized spacial score (nSPS) is 24.3. The lowest BCUT2D eigenvalue weighted by atomic mass is 9.55. The standard InChI is InChI=1S/C17H17N5O2/c1-24-13-7-14(15(23)22-5-3-2-4-6-22)17(11-20,12-21)16(8-13,9-18)10-19/h7,14H,2-6,8H2,1H3. The second kappa shape index (κ2) is 6.61.